The Morgan fingerprint density at radius 3 is 2.69 bits per heavy atom. The van der Waals surface area contributed by atoms with Crippen molar-refractivity contribution in [2.24, 2.45) is 5.92 Å². The van der Waals surface area contributed by atoms with Gasteiger partial charge in [-0.3, -0.25) is 0 Å². The van der Waals surface area contributed by atoms with E-state index >= 15 is 0 Å². The van der Waals surface area contributed by atoms with Crippen LogP contribution in [-0.2, 0) is 18.3 Å². The Bertz CT molecular complexity index is 841. The Balaban J connectivity index is 1.78. The Labute approximate surface area is 154 Å². The third-order valence-electron chi connectivity index (χ3n) is 6.60. The second kappa shape index (κ2) is 6.45. The van der Waals surface area contributed by atoms with Gasteiger partial charge in [-0.1, -0.05) is 36.4 Å². The molecule has 3 atom stereocenters. The Morgan fingerprint density at radius 2 is 1.92 bits per heavy atom. The molecule has 2 N–H and O–H groups in total. The highest BCUT2D eigenvalue weighted by atomic mass is 16.3. The van der Waals surface area contributed by atoms with Gasteiger partial charge in [-0.25, -0.2) is 0 Å². The van der Waals surface area contributed by atoms with E-state index in [-0.39, 0.29) is 11.8 Å². The van der Waals surface area contributed by atoms with Crippen molar-refractivity contribution in [3.63, 3.8) is 0 Å². The van der Waals surface area contributed by atoms with Crippen LogP contribution in [0.3, 0.4) is 0 Å². The van der Waals surface area contributed by atoms with Gasteiger partial charge in [0, 0.05) is 5.41 Å². The van der Waals surface area contributed by atoms with Gasteiger partial charge in [0.1, 0.15) is 5.75 Å². The van der Waals surface area contributed by atoms with Crippen molar-refractivity contribution >= 4 is 0 Å². The molecule has 1 fully saturated rings. The van der Waals surface area contributed by atoms with Crippen molar-refractivity contribution in [2.75, 3.05) is 0 Å². The van der Waals surface area contributed by atoms with Gasteiger partial charge in [0.2, 0.25) is 0 Å². The molecule has 134 valence electrons. The molecular weight excluding hydrogens is 322 g/mol. The van der Waals surface area contributed by atoms with E-state index in [0.29, 0.717) is 24.5 Å². The number of aryl methyl sites for hydroxylation is 1. The van der Waals surface area contributed by atoms with Crippen molar-refractivity contribution < 1.29 is 10.2 Å². The van der Waals surface area contributed by atoms with Crippen LogP contribution in [0.4, 0.5) is 0 Å². The Morgan fingerprint density at radius 1 is 1.12 bits per heavy atom. The highest BCUT2D eigenvalue weighted by Crippen LogP contribution is 2.55. The number of aliphatic hydroxyl groups is 1. The number of fused-ring (bicyclic) bond motifs is 3. The molecule has 3 nitrogen and oxygen atoms in total. The zero-order chi connectivity index (χ0) is 18.2. The minimum absolute atomic E-state index is 0.0235. The molecule has 1 saturated carbocycles. The third kappa shape index (κ3) is 2.89. The fourth-order valence-electron chi connectivity index (χ4n) is 5.35. The summed E-state index contributed by atoms with van der Waals surface area (Å²) in [5.74, 6) is 0.681. The van der Waals surface area contributed by atoms with Crippen LogP contribution in [0.25, 0.3) is 0 Å². The lowest BCUT2D eigenvalue weighted by Crippen LogP contribution is -2.51. The minimum Gasteiger partial charge on any atom is -0.508 e. The monoisotopic (exact) mass is 347 g/mol. The molecule has 0 aromatic heterocycles. The lowest BCUT2D eigenvalue weighted by atomic mass is 9.52. The summed E-state index contributed by atoms with van der Waals surface area (Å²) in [5.41, 5.74) is 3.00. The average Bonchev–Trinajstić information content (AvgIpc) is 2.63. The van der Waals surface area contributed by atoms with E-state index in [1.165, 1.54) is 16.7 Å². The molecule has 2 aliphatic carbocycles. The summed E-state index contributed by atoms with van der Waals surface area (Å²) in [7, 11) is 0. The minimum atomic E-state index is -0.853. The van der Waals surface area contributed by atoms with E-state index in [9.17, 15) is 10.2 Å². The highest BCUT2D eigenvalue weighted by Gasteiger charge is 2.51. The van der Waals surface area contributed by atoms with Crippen LogP contribution in [0.2, 0.25) is 0 Å². The number of rotatable bonds is 3. The van der Waals surface area contributed by atoms with Crippen LogP contribution < -0.4 is 0 Å². The standard InChI is InChI=1S/C23H25NO2/c24-13-12-22(26)10-11-23(15-17-4-2-1-3-5-17)19(16-22)7-6-18-14-20(25)8-9-21(18)23/h1-5,8-9,14,19,25-26H,6-7,10-12,15-16H2/t19-,22+,23+/m1/s1. The fraction of sp³-hybridized carbons (Fsp3) is 0.435. The van der Waals surface area contributed by atoms with Gasteiger partial charge in [0.25, 0.3) is 0 Å². The van der Waals surface area contributed by atoms with Crippen LogP contribution in [0, 0.1) is 17.2 Å². The van der Waals surface area contributed by atoms with Crippen LogP contribution >= 0.6 is 0 Å². The van der Waals surface area contributed by atoms with Gasteiger partial charge >= 0.3 is 0 Å². The first-order valence-electron chi connectivity index (χ1n) is 9.50. The molecule has 26 heavy (non-hydrogen) atoms. The molecule has 0 radical (unpaired) electrons. The van der Waals surface area contributed by atoms with Gasteiger partial charge < -0.3 is 10.2 Å². The maximum Gasteiger partial charge on any atom is 0.115 e. The zero-order valence-electron chi connectivity index (χ0n) is 15.0. The number of benzene rings is 2. The molecule has 0 heterocycles. The first-order chi connectivity index (χ1) is 12.5. The van der Waals surface area contributed by atoms with Gasteiger partial charge in [-0.15, -0.1) is 0 Å². The van der Waals surface area contributed by atoms with E-state index in [2.05, 4.69) is 36.4 Å². The predicted molar refractivity (Wildman–Crippen MR) is 101 cm³/mol. The lowest BCUT2D eigenvalue weighted by Gasteiger charge is -2.53. The van der Waals surface area contributed by atoms with Crippen molar-refractivity contribution in [2.45, 2.75) is 56.0 Å². The fourth-order valence-corrected chi connectivity index (χ4v) is 5.35. The first kappa shape index (κ1) is 17.1. The van der Waals surface area contributed by atoms with Crippen LogP contribution in [0.1, 0.15) is 48.8 Å². The third-order valence-corrected chi connectivity index (χ3v) is 6.60. The van der Waals surface area contributed by atoms with E-state index in [4.69, 9.17) is 5.26 Å². The second-order valence-corrected chi connectivity index (χ2v) is 8.16. The Kier molecular flexibility index (Phi) is 4.25. The molecule has 2 aromatic carbocycles. The van der Waals surface area contributed by atoms with E-state index in [1.807, 2.05) is 12.1 Å². The average molecular weight is 347 g/mol. The normalized spacial score (nSPS) is 30.1. The summed E-state index contributed by atoms with van der Waals surface area (Å²) in [6.45, 7) is 0. The summed E-state index contributed by atoms with van der Waals surface area (Å²) in [5, 5.41) is 30.0. The molecule has 2 aromatic rings. The molecule has 0 bridgehead atoms. The topological polar surface area (TPSA) is 64.2 Å². The van der Waals surface area contributed by atoms with Crippen molar-refractivity contribution in [3.8, 4) is 11.8 Å². The van der Waals surface area contributed by atoms with Crippen LogP contribution in [-0.4, -0.2) is 15.8 Å². The predicted octanol–water partition coefficient (Wildman–Crippen LogP) is 4.26. The van der Waals surface area contributed by atoms with Crippen molar-refractivity contribution in [1.29, 1.82) is 5.26 Å². The Hall–Kier alpha value is -2.31. The van der Waals surface area contributed by atoms with Crippen LogP contribution in [0.15, 0.2) is 48.5 Å². The molecule has 2 aliphatic rings. The van der Waals surface area contributed by atoms with E-state index < -0.39 is 5.60 Å². The maximum atomic E-state index is 10.9. The summed E-state index contributed by atoms with van der Waals surface area (Å²) >= 11 is 0. The first-order valence-corrected chi connectivity index (χ1v) is 9.50. The molecule has 4 rings (SSSR count). The molecule has 0 unspecified atom stereocenters. The molecule has 3 heteroatoms. The second-order valence-electron chi connectivity index (χ2n) is 8.16. The summed E-state index contributed by atoms with van der Waals surface area (Å²) in [6.07, 6.45) is 5.30. The summed E-state index contributed by atoms with van der Waals surface area (Å²) in [4.78, 5) is 0. The maximum absolute atomic E-state index is 10.9. The lowest BCUT2D eigenvalue weighted by molar-refractivity contribution is -0.0471. The SMILES string of the molecule is N#CC[C@@]1(O)CC[C@@]2(Cc3ccccc3)c3ccc(O)cc3CC[C@@H]2C1. The number of aromatic hydroxyl groups is 1. The number of nitrogens with zero attached hydrogens (tertiary/aromatic N) is 1. The number of hydrogen-bond acceptors (Lipinski definition) is 3. The van der Waals surface area contributed by atoms with Gasteiger partial charge in [0.15, 0.2) is 0 Å². The number of phenols is 1. The quantitative estimate of drug-likeness (QED) is 0.872. The number of nitriles is 1. The van der Waals surface area contributed by atoms with E-state index in [0.717, 1.165) is 25.7 Å². The number of phenolic OH excluding ortho intramolecular Hbond substituents is 1. The molecule has 0 saturated heterocycles. The van der Waals surface area contributed by atoms with Crippen LogP contribution in [0.5, 0.6) is 5.75 Å². The molecule has 0 amide bonds. The van der Waals surface area contributed by atoms with Crippen molar-refractivity contribution in [3.05, 3.63) is 65.2 Å². The largest absolute Gasteiger partial charge is 0.508 e. The smallest absolute Gasteiger partial charge is 0.115 e. The van der Waals surface area contributed by atoms with Gasteiger partial charge in [-0.05, 0) is 73.3 Å². The van der Waals surface area contributed by atoms with E-state index in [1.54, 1.807) is 6.07 Å². The highest BCUT2D eigenvalue weighted by molar-refractivity contribution is 5.44. The summed E-state index contributed by atoms with van der Waals surface area (Å²) in [6, 6.07) is 18.5. The zero-order valence-corrected chi connectivity index (χ0v) is 15.0. The number of hydrogen-bond donors (Lipinski definition) is 2. The van der Waals surface area contributed by atoms with Gasteiger partial charge in [0.05, 0.1) is 18.1 Å². The molecule has 0 spiro atoms. The molecular formula is C23H25NO2. The molecule has 0 aliphatic heterocycles. The van der Waals surface area contributed by atoms with Crippen molar-refractivity contribution in [1.82, 2.24) is 0 Å². The summed E-state index contributed by atoms with van der Waals surface area (Å²) < 4.78 is 0. The van der Waals surface area contributed by atoms with Gasteiger partial charge in [-0.2, -0.15) is 5.26 Å².